The second kappa shape index (κ2) is 7.73. The van der Waals surface area contributed by atoms with E-state index < -0.39 is 0 Å². The fourth-order valence-corrected chi connectivity index (χ4v) is 3.14. The maximum absolute atomic E-state index is 12.3. The molecule has 1 aromatic rings. The molecule has 23 heavy (non-hydrogen) atoms. The summed E-state index contributed by atoms with van der Waals surface area (Å²) in [6.45, 7) is 2.78. The number of nitrogens with zero attached hydrogens (tertiary/aromatic N) is 1. The first kappa shape index (κ1) is 16.2. The number of nitrogens with one attached hydrogen (secondary N) is 1. The molecule has 1 heterocycles. The number of piperidine rings is 1. The van der Waals surface area contributed by atoms with Crippen LogP contribution in [0.3, 0.4) is 0 Å². The van der Waals surface area contributed by atoms with Gasteiger partial charge in [-0.15, -0.1) is 0 Å². The van der Waals surface area contributed by atoms with Crippen molar-refractivity contribution in [3.63, 3.8) is 0 Å². The molecule has 3 rings (SSSR count). The van der Waals surface area contributed by atoms with E-state index in [1.54, 1.807) is 0 Å². The molecule has 1 amide bonds. The molecule has 1 aliphatic carbocycles. The molecule has 2 fully saturated rings. The van der Waals surface area contributed by atoms with Gasteiger partial charge in [-0.05, 0) is 38.1 Å². The van der Waals surface area contributed by atoms with Gasteiger partial charge in [0.1, 0.15) is 0 Å². The fraction of sp³-hybridized carbons (Fsp3) is 0.579. The van der Waals surface area contributed by atoms with Crippen molar-refractivity contribution in [1.29, 1.82) is 0 Å². The van der Waals surface area contributed by atoms with Crippen molar-refractivity contribution >= 4 is 11.7 Å². The van der Waals surface area contributed by atoms with E-state index >= 15 is 0 Å². The van der Waals surface area contributed by atoms with Crippen LogP contribution in [0.2, 0.25) is 0 Å². The lowest BCUT2D eigenvalue weighted by Gasteiger charge is -2.32. The number of hydrogen-bond donors (Lipinski definition) is 1. The van der Waals surface area contributed by atoms with Crippen molar-refractivity contribution in [2.75, 3.05) is 19.6 Å². The van der Waals surface area contributed by atoms with Gasteiger partial charge in [-0.25, -0.2) is 0 Å². The highest BCUT2D eigenvalue weighted by Gasteiger charge is 2.26. The molecule has 0 unspecified atom stereocenters. The Balaban J connectivity index is 1.36. The maximum Gasteiger partial charge on any atom is 0.223 e. The molecule has 0 radical (unpaired) electrons. The first-order valence-electron chi connectivity index (χ1n) is 8.82. The number of likely N-dealkylation sites (tertiary alicyclic amines) is 1. The van der Waals surface area contributed by atoms with E-state index in [-0.39, 0.29) is 11.7 Å². The Hall–Kier alpha value is -1.68. The zero-order chi connectivity index (χ0) is 16.1. The second-order valence-corrected chi connectivity index (χ2v) is 6.80. The zero-order valence-electron chi connectivity index (χ0n) is 13.7. The van der Waals surface area contributed by atoms with Crippen molar-refractivity contribution in [2.24, 2.45) is 5.92 Å². The summed E-state index contributed by atoms with van der Waals surface area (Å²) in [6, 6.07) is 9.78. The highest BCUT2D eigenvalue weighted by Crippen LogP contribution is 2.28. The Bertz CT molecular complexity index is 532. The molecule has 1 aliphatic heterocycles. The molecule has 1 saturated carbocycles. The Labute approximate surface area is 138 Å². The fourth-order valence-electron chi connectivity index (χ4n) is 3.14. The molecule has 124 valence electrons. The number of benzene rings is 1. The smallest absolute Gasteiger partial charge is 0.223 e. The lowest BCUT2D eigenvalue weighted by atomic mass is 10.0. The van der Waals surface area contributed by atoms with Crippen LogP contribution < -0.4 is 5.32 Å². The summed E-state index contributed by atoms with van der Waals surface area (Å²) in [7, 11) is 0. The molecular weight excluding hydrogens is 288 g/mol. The van der Waals surface area contributed by atoms with Crippen LogP contribution in [0.5, 0.6) is 0 Å². The third-order valence-corrected chi connectivity index (χ3v) is 4.90. The molecule has 0 spiro atoms. The minimum absolute atomic E-state index is 0.0555. The number of carbonyl (C=O) groups is 2. The first-order chi connectivity index (χ1) is 11.2. The van der Waals surface area contributed by atoms with Gasteiger partial charge >= 0.3 is 0 Å². The second-order valence-electron chi connectivity index (χ2n) is 6.80. The van der Waals surface area contributed by atoms with E-state index in [9.17, 15) is 9.59 Å². The van der Waals surface area contributed by atoms with Crippen molar-refractivity contribution in [3.8, 4) is 0 Å². The zero-order valence-corrected chi connectivity index (χ0v) is 13.7. The standard InChI is InChI=1S/C19H26N2O2/c22-18(16-4-2-1-3-5-16)8-9-19(23)21-12-10-17(11-13-21)20-14-15-6-7-15/h1-5,15,17,20H,6-14H2. The summed E-state index contributed by atoms with van der Waals surface area (Å²) in [4.78, 5) is 26.3. The molecule has 1 N–H and O–H groups in total. The van der Waals surface area contributed by atoms with Crippen molar-refractivity contribution in [3.05, 3.63) is 35.9 Å². The molecule has 1 saturated heterocycles. The van der Waals surface area contributed by atoms with E-state index in [0.29, 0.717) is 24.4 Å². The van der Waals surface area contributed by atoms with Gasteiger partial charge in [-0.3, -0.25) is 9.59 Å². The first-order valence-corrected chi connectivity index (χ1v) is 8.82. The molecule has 0 bridgehead atoms. The van der Waals surface area contributed by atoms with Gasteiger partial charge in [0.15, 0.2) is 5.78 Å². The maximum atomic E-state index is 12.3. The Morgan fingerprint density at radius 2 is 1.70 bits per heavy atom. The molecular formula is C19H26N2O2. The van der Waals surface area contributed by atoms with Crippen LogP contribution in [0, 0.1) is 5.92 Å². The predicted molar refractivity (Wildman–Crippen MR) is 90.3 cm³/mol. The Morgan fingerprint density at radius 1 is 1.00 bits per heavy atom. The number of Topliss-reactive ketones (excluding diaryl/α,β-unsaturated/α-hetero) is 1. The van der Waals surface area contributed by atoms with Gasteiger partial charge < -0.3 is 10.2 Å². The summed E-state index contributed by atoms with van der Waals surface area (Å²) in [5.74, 6) is 1.08. The highest BCUT2D eigenvalue weighted by atomic mass is 16.2. The Morgan fingerprint density at radius 3 is 2.35 bits per heavy atom. The molecule has 4 nitrogen and oxygen atoms in total. The third-order valence-electron chi connectivity index (χ3n) is 4.90. The quantitative estimate of drug-likeness (QED) is 0.787. The minimum atomic E-state index is 0.0555. The van der Waals surface area contributed by atoms with Gasteiger partial charge in [0.2, 0.25) is 5.91 Å². The highest BCUT2D eigenvalue weighted by molar-refractivity contribution is 5.97. The largest absolute Gasteiger partial charge is 0.343 e. The average Bonchev–Trinajstić information content (AvgIpc) is 3.43. The number of hydrogen-bond acceptors (Lipinski definition) is 3. The van der Waals surface area contributed by atoms with Crippen LogP contribution in [0.1, 0.15) is 48.9 Å². The minimum Gasteiger partial charge on any atom is -0.343 e. The van der Waals surface area contributed by atoms with Gasteiger partial charge in [-0.2, -0.15) is 0 Å². The summed E-state index contributed by atoms with van der Waals surface area (Å²) in [5, 5.41) is 3.62. The molecule has 0 atom stereocenters. The monoisotopic (exact) mass is 314 g/mol. The lowest BCUT2D eigenvalue weighted by Crippen LogP contribution is -2.45. The number of amides is 1. The van der Waals surface area contributed by atoms with E-state index in [0.717, 1.165) is 38.4 Å². The molecule has 0 aromatic heterocycles. The SMILES string of the molecule is O=C(CCC(=O)N1CCC(NCC2CC2)CC1)c1ccccc1. The van der Waals surface area contributed by atoms with Gasteiger partial charge in [0.05, 0.1) is 0 Å². The summed E-state index contributed by atoms with van der Waals surface area (Å²) in [5.41, 5.74) is 0.697. The summed E-state index contributed by atoms with van der Waals surface area (Å²) in [6.07, 6.45) is 5.45. The van der Waals surface area contributed by atoms with Crippen LogP contribution >= 0.6 is 0 Å². The topological polar surface area (TPSA) is 49.4 Å². The number of carbonyl (C=O) groups excluding carboxylic acids is 2. The van der Waals surface area contributed by atoms with Gasteiger partial charge in [0, 0.05) is 37.5 Å². The van der Waals surface area contributed by atoms with Crippen LogP contribution in [-0.2, 0) is 4.79 Å². The predicted octanol–water partition coefficient (Wildman–Crippen LogP) is 2.64. The molecule has 2 aliphatic rings. The van der Waals surface area contributed by atoms with E-state index in [2.05, 4.69) is 5.32 Å². The van der Waals surface area contributed by atoms with Gasteiger partial charge in [0.25, 0.3) is 0 Å². The molecule has 1 aromatic carbocycles. The summed E-state index contributed by atoms with van der Waals surface area (Å²) >= 11 is 0. The third kappa shape index (κ3) is 4.90. The lowest BCUT2D eigenvalue weighted by molar-refractivity contribution is -0.132. The van der Waals surface area contributed by atoms with Crippen molar-refractivity contribution in [2.45, 2.75) is 44.6 Å². The normalized spacial score (nSPS) is 18.9. The van der Waals surface area contributed by atoms with Crippen LogP contribution in [0.15, 0.2) is 30.3 Å². The van der Waals surface area contributed by atoms with Crippen molar-refractivity contribution < 1.29 is 9.59 Å². The van der Waals surface area contributed by atoms with Crippen LogP contribution in [0.25, 0.3) is 0 Å². The van der Waals surface area contributed by atoms with E-state index in [1.165, 1.54) is 12.8 Å². The number of rotatable bonds is 7. The summed E-state index contributed by atoms with van der Waals surface area (Å²) < 4.78 is 0. The van der Waals surface area contributed by atoms with E-state index in [4.69, 9.17) is 0 Å². The van der Waals surface area contributed by atoms with E-state index in [1.807, 2.05) is 35.2 Å². The Kier molecular flexibility index (Phi) is 5.44. The molecule has 4 heteroatoms. The van der Waals surface area contributed by atoms with Gasteiger partial charge in [-0.1, -0.05) is 30.3 Å². The average molecular weight is 314 g/mol. The van der Waals surface area contributed by atoms with Crippen molar-refractivity contribution in [1.82, 2.24) is 10.2 Å². The van der Waals surface area contributed by atoms with Crippen LogP contribution in [0.4, 0.5) is 0 Å². The number of ketones is 1. The van der Waals surface area contributed by atoms with Crippen LogP contribution in [-0.4, -0.2) is 42.3 Å².